The van der Waals surface area contributed by atoms with Crippen molar-refractivity contribution in [3.05, 3.63) is 53.3 Å². The van der Waals surface area contributed by atoms with Crippen LogP contribution in [0.2, 0.25) is 0 Å². The largest absolute Gasteiger partial charge is 0.490 e. The molecule has 0 amide bonds. The van der Waals surface area contributed by atoms with Crippen molar-refractivity contribution in [1.82, 2.24) is 0 Å². The summed E-state index contributed by atoms with van der Waals surface area (Å²) < 4.78 is 54.6. The van der Waals surface area contributed by atoms with Crippen LogP contribution in [0.15, 0.2) is 30.3 Å². The average molecular weight is 392 g/mol. The van der Waals surface area contributed by atoms with Crippen molar-refractivity contribution in [1.29, 1.82) is 0 Å². The summed E-state index contributed by atoms with van der Waals surface area (Å²) in [5, 5.41) is 0. The Morgan fingerprint density at radius 3 is 2.50 bits per heavy atom. The summed E-state index contributed by atoms with van der Waals surface area (Å²) in [5.74, 6) is -2.59. The maximum atomic E-state index is 14.7. The molecule has 1 fully saturated rings. The van der Waals surface area contributed by atoms with Gasteiger partial charge in [0.25, 0.3) is 0 Å². The van der Waals surface area contributed by atoms with Gasteiger partial charge in [0, 0.05) is 11.5 Å². The highest BCUT2D eigenvalue weighted by atomic mass is 19.2. The van der Waals surface area contributed by atoms with E-state index in [1.54, 1.807) is 12.1 Å². The molecule has 3 rings (SSSR count). The average Bonchev–Trinajstić information content (AvgIpc) is 2.71. The molecular weight excluding hydrogens is 365 g/mol. The highest BCUT2D eigenvalue weighted by Crippen LogP contribution is 2.35. The monoisotopic (exact) mass is 392 g/mol. The molecule has 2 aromatic rings. The van der Waals surface area contributed by atoms with E-state index in [9.17, 15) is 13.2 Å². The second-order valence-corrected chi connectivity index (χ2v) is 7.32. The standard InChI is InChI=1S/C23H27F3O2/c1-3-5-12-27-21-11-10-19(22(25)23(21)26)15-7-9-18(20(24)13-15)16-6-8-17(4-2)28-14-16/h7,9-11,13,16-17H,3-6,8,12,14H2,1-2H3. The summed E-state index contributed by atoms with van der Waals surface area (Å²) in [4.78, 5) is 0. The van der Waals surface area contributed by atoms with Crippen LogP contribution in [0, 0.1) is 17.5 Å². The fourth-order valence-corrected chi connectivity index (χ4v) is 3.59. The second kappa shape index (κ2) is 9.46. The second-order valence-electron chi connectivity index (χ2n) is 7.32. The number of rotatable bonds is 7. The molecule has 0 N–H and O–H groups in total. The lowest BCUT2D eigenvalue weighted by molar-refractivity contribution is 0.00141. The van der Waals surface area contributed by atoms with Gasteiger partial charge < -0.3 is 9.47 Å². The van der Waals surface area contributed by atoms with Crippen molar-refractivity contribution in [2.45, 2.75) is 58.0 Å². The number of benzene rings is 2. The molecule has 1 aliphatic heterocycles. The summed E-state index contributed by atoms with van der Waals surface area (Å²) >= 11 is 0. The van der Waals surface area contributed by atoms with Crippen molar-refractivity contribution >= 4 is 0 Å². The van der Waals surface area contributed by atoms with E-state index >= 15 is 0 Å². The van der Waals surface area contributed by atoms with E-state index in [0.717, 1.165) is 32.1 Å². The normalized spacial score (nSPS) is 19.6. The summed E-state index contributed by atoms with van der Waals surface area (Å²) in [6.45, 7) is 4.89. The molecule has 0 bridgehead atoms. The third-order valence-corrected chi connectivity index (χ3v) is 5.38. The maximum Gasteiger partial charge on any atom is 0.201 e. The molecule has 1 heterocycles. The number of unbranched alkanes of at least 4 members (excludes halogenated alkanes) is 1. The Morgan fingerprint density at radius 1 is 1.04 bits per heavy atom. The molecule has 0 aromatic heterocycles. The molecule has 0 aliphatic carbocycles. The lowest BCUT2D eigenvalue weighted by atomic mass is 9.89. The molecular formula is C23H27F3O2. The van der Waals surface area contributed by atoms with E-state index in [1.807, 2.05) is 6.92 Å². The fourth-order valence-electron chi connectivity index (χ4n) is 3.59. The van der Waals surface area contributed by atoms with Crippen LogP contribution in [0.1, 0.15) is 57.4 Å². The summed E-state index contributed by atoms with van der Waals surface area (Å²) in [5.41, 5.74) is 0.899. The van der Waals surface area contributed by atoms with Crippen molar-refractivity contribution in [3.63, 3.8) is 0 Å². The van der Waals surface area contributed by atoms with E-state index < -0.39 is 17.5 Å². The Balaban J connectivity index is 1.79. The lowest BCUT2D eigenvalue weighted by Crippen LogP contribution is -2.24. The van der Waals surface area contributed by atoms with Gasteiger partial charge in [0.15, 0.2) is 11.6 Å². The zero-order chi connectivity index (χ0) is 20.1. The quantitative estimate of drug-likeness (QED) is 0.493. The van der Waals surface area contributed by atoms with Gasteiger partial charge in [0.1, 0.15) is 5.82 Å². The van der Waals surface area contributed by atoms with Crippen LogP contribution >= 0.6 is 0 Å². The van der Waals surface area contributed by atoms with Gasteiger partial charge in [-0.05, 0) is 55.0 Å². The number of halogens is 3. The van der Waals surface area contributed by atoms with Crippen LogP contribution < -0.4 is 4.74 Å². The fraction of sp³-hybridized carbons (Fsp3) is 0.478. The third-order valence-electron chi connectivity index (χ3n) is 5.38. The van der Waals surface area contributed by atoms with Crippen LogP contribution in [-0.4, -0.2) is 19.3 Å². The van der Waals surface area contributed by atoms with Gasteiger partial charge in [0.2, 0.25) is 5.82 Å². The summed E-state index contributed by atoms with van der Waals surface area (Å²) in [6.07, 6.45) is 4.63. The molecule has 2 aromatic carbocycles. The van der Waals surface area contributed by atoms with Crippen LogP contribution in [0.25, 0.3) is 11.1 Å². The van der Waals surface area contributed by atoms with E-state index in [0.29, 0.717) is 24.3 Å². The minimum Gasteiger partial charge on any atom is -0.490 e. The Bertz CT molecular complexity index is 799. The number of hydrogen-bond donors (Lipinski definition) is 0. The van der Waals surface area contributed by atoms with Gasteiger partial charge >= 0.3 is 0 Å². The molecule has 2 unspecified atom stereocenters. The van der Waals surface area contributed by atoms with Crippen molar-refractivity contribution in [2.75, 3.05) is 13.2 Å². The zero-order valence-corrected chi connectivity index (χ0v) is 16.4. The first kappa shape index (κ1) is 20.7. The van der Waals surface area contributed by atoms with Gasteiger partial charge in [-0.2, -0.15) is 4.39 Å². The van der Waals surface area contributed by atoms with Crippen molar-refractivity contribution in [3.8, 4) is 16.9 Å². The molecule has 152 valence electrons. The molecule has 2 atom stereocenters. The highest BCUT2D eigenvalue weighted by molar-refractivity contribution is 5.66. The molecule has 0 saturated carbocycles. The van der Waals surface area contributed by atoms with Gasteiger partial charge in [-0.1, -0.05) is 32.4 Å². The van der Waals surface area contributed by atoms with Gasteiger partial charge in [-0.3, -0.25) is 0 Å². The molecule has 28 heavy (non-hydrogen) atoms. The smallest absolute Gasteiger partial charge is 0.201 e. The molecule has 5 heteroatoms. The highest BCUT2D eigenvalue weighted by Gasteiger charge is 2.25. The van der Waals surface area contributed by atoms with Crippen LogP contribution in [0.4, 0.5) is 13.2 Å². The summed E-state index contributed by atoms with van der Waals surface area (Å²) in [7, 11) is 0. The molecule has 1 aliphatic rings. The van der Waals surface area contributed by atoms with Crippen LogP contribution in [-0.2, 0) is 4.74 Å². The number of hydrogen-bond acceptors (Lipinski definition) is 2. The first-order valence-corrected chi connectivity index (χ1v) is 10.1. The van der Waals surface area contributed by atoms with Gasteiger partial charge in [-0.25, -0.2) is 8.78 Å². The SMILES string of the molecule is CCCCOc1ccc(-c2ccc(C3CCC(CC)OC3)c(F)c2)c(F)c1F. The Morgan fingerprint density at radius 2 is 1.86 bits per heavy atom. The Labute approximate surface area is 164 Å². The van der Waals surface area contributed by atoms with Crippen LogP contribution in [0.5, 0.6) is 5.75 Å². The van der Waals surface area contributed by atoms with E-state index in [4.69, 9.17) is 9.47 Å². The van der Waals surface area contributed by atoms with E-state index in [1.165, 1.54) is 18.2 Å². The predicted octanol–water partition coefficient (Wildman–Crippen LogP) is 6.62. The first-order chi connectivity index (χ1) is 13.5. The van der Waals surface area contributed by atoms with Crippen molar-refractivity contribution < 1.29 is 22.6 Å². The topological polar surface area (TPSA) is 18.5 Å². The molecule has 1 saturated heterocycles. The van der Waals surface area contributed by atoms with E-state index in [2.05, 4.69) is 6.92 Å². The molecule has 0 spiro atoms. The zero-order valence-electron chi connectivity index (χ0n) is 16.4. The van der Waals surface area contributed by atoms with Gasteiger partial charge in [0.05, 0.1) is 19.3 Å². The van der Waals surface area contributed by atoms with E-state index in [-0.39, 0.29) is 23.3 Å². The third kappa shape index (κ3) is 4.52. The molecule has 2 nitrogen and oxygen atoms in total. The Hall–Kier alpha value is -2.01. The minimum absolute atomic E-state index is 0.00669. The maximum absolute atomic E-state index is 14.7. The van der Waals surface area contributed by atoms with Gasteiger partial charge in [-0.15, -0.1) is 0 Å². The van der Waals surface area contributed by atoms with Crippen molar-refractivity contribution in [2.24, 2.45) is 0 Å². The first-order valence-electron chi connectivity index (χ1n) is 10.1. The Kier molecular flexibility index (Phi) is 7.00. The lowest BCUT2D eigenvalue weighted by Gasteiger charge is -2.29. The van der Waals surface area contributed by atoms with Crippen LogP contribution in [0.3, 0.4) is 0 Å². The number of ether oxygens (including phenoxy) is 2. The predicted molar refractivity (Wildman–Crippen MR) is 104 cm³/mol. The summed E-state index contributed by atoms with van der Waals surface area (Å²) in [6, 6.07) is 7.41. The molecule has 0 radical (unpaired) electrons. The minimum atomic E-state index is -1.04.